The van der Waals surface area contributed by atoms with Gasteiger partial charge in [0.25, 0.3) is 0 Å². The molecule has 0 aliphatic heterocycles. The Morgan fingerprint density at radius 1 is 0.846 bits per heavy atom. The summed E-state index contributed by atoms with van der Waals surface area (Å²) < 4.78 is 38.9. The number of nitrogens with one attached hydrogen (secondary N) is 1. The predicted octanol–water partition coefficient (Wildman–Crippen LogP) is 6.46. The number of alkyl halides is 3. The number of rotatable bonds is 2. The highest BCUT2D eigenvalue weighted by atomic mass is 19.4. The number of pyridine rings is 1. The van der Waals surface area contributed by atoms with E-state index in [9.17, 15) is 13.2 Å². The van der Waals surface area contributed by atoms with Gasteiger partial charge in [0.2, 0.25) is 0 Å². The Balaban J connectivity index is 1.86. The molecule has 0 aliphatic rings. The van der Waals surface area contributed by atoms with Crippen LogP contribution in [0.25, 0.3) is 21.7 Å². The summed E-state index contributed by atoms with van der Waals surface area (Å²) in [4.78, 5) is 4.64. The first kappa shape index (κ1) is 16.4. The van der Waals surface area contributed by atoms with Crippen LogP contribution in [0.1, 0.15) is 11.3 Å². The van der Waals surface area contributed by atoms with Crippen molar-refractivity contribution in [3.8, 4) is 0 Å². The third-order valence-electron chi connectivity index (χ3n) is 4.30. The van der Waals surface area contributed by atoms with Gasteiger partial charge in [-0.15, -0.1) is 0 Å². The van der Waals surface area contributed by atoms with Crippen molar-refractivity contribution in [3.63, 3.8) is 0 Å². The maximum Gasteiger partial charge on any atom is 0.416 e. The zero-order valence-electron chi connectivity index (χ0n) is 13.9. The van der Waals surface area contributed by atoms with Gasteiger partial charge in [-0.2, -0.15) is 13.2 Å². The van der Waals surface area contributed by atoms with Crippen LogP contribution < -0.4 is 5.32 Å². The number of benzene rings is 3. The van der Waals surface area contributed by atoms with E-state index in [-0.39, 0.29) is 0 Å². The summed E-state index contributed by atoms with van der Waals surface area (Å²) >= 11 is 0. The quantitative estimate of drug-likeness (QED) is 0.419. The molecule has 1 aromatic heterocycles. The third kappa shape index (κ3) is 2.96. The van der Waals surface area contributed by atoms with Gasteiger partial charge in [0.15, 0.2) is 0 Å². The lowest BCUT2D eigenvalue weighted by molar-refractivity contribution is -0.137. The number of hydrogen-bond acceptors (Lipinski definition) is 2. The second-order valence-electron chi connectivity index (χ2n) is 6.20. The summed E-state index contributed by atoms with van der Waals surface area (Å²) in [5.74, 6) is 0. The van der Waals surface area contributed by atoms with Gasteiger partial charge in [0, 0.05) is 27.8 Å². The van der Waals surface area contributed by atoms with E-state index in [4.69, 9.17) is 0 Å². The lowest BCUT2D eigenvalue weighted by Gasteiger charge is -2.14. The number of nitrogens with zero attached hydrogens (tertiary/aromatic N) is 1. The van der Waals surface area contributed by atoms with E-state index in [0.29, 0.717) is 5.69 Å². The molecule has 0 saturated carbocycles. The first-order valence-electron chi connectivity index (χ1n) is 8.15. The highest BCUT2D eigenvalue weighted by Crippen LogP contribution is 2.34. The molecule has 4 rings (SSSR count). The van der Waals surface area contributed by atoms with Gasteiger partial charge < -0.3 is 5.32 Å². The molecule has 0 aliphatic carbocycles. The van der Waals surface area contributed by atoms with Crippen molar-refractivity contribution in [2.24, 2.45) is 0 Å². The molecule has 3 aromatic carbocycles. The van der Waals surface area contributed by atoms with Crippen molar-refractivity contribution in [1.29, 1.82) is 0 Å². The van der Waals surface area contributed by atoms with Gasteiger partial charge in [-0.25, -0.2) is 0 Å². The lowest BCUT2D eigenvalue weighted by atomic mass is 10.0. The number of fused-ring (bicyclic) bond motifs is 3. The standard InChI is InChI=1S/C21H15F3N2/c1-13-11-19(26-16-7-4-6-15(12-16)21(22,23)24)18-10-9-14-5-2-3-8-17(14)20(18)25-13/h2-12H,1H3,(H,25,26). The van der Waals surface area contributed by atoms with E-state index in [0.717, 1.165) is 45.2 Å². The number of aryl methyl sites for hydroxylation is 1. The third-order valence-corrected chi connectivity index (χ3v) is 4.30. The summed E-state index contributed by atoms with van der Waals surface area (Å²) in [5.41, 5.74) is 2.07. The van der Waals surface area contributed by atoms with E-state index in [1.807, 2.05) is 49.4 Å². The van der Waals surface area contributed by atoms with Crippen LogP contribution >= 0.6 is 0 Å². The summed E-state index contributed by atoms with van der Waals surface area (Å²) in [6.45, 7) is 1.87. The molecule has 0 atom stereocenters. The van der Waals surface area contributed by atoms with E-state index >= 15 is 0 Å². The monoisotopic (exact) mass is 352 g/mol. The van der Waals surface area contributed by atoms with Crippen molar-refractivity contribution >= 4 is 33.1 Å². The Labute approximate surface area is 148 Å². The minimum atomic E-state index is -4.37. The largest absolute Gasteiger partial charge is 0.416 e. The SMILES string of the molecule is Cc1cc(Nc2cccc(C(F)(F)F)c2)c2ccc3ccccc3c2n1. The number of aromatic nitrogens is 1. The maximum absolute atomic E-state index is 13.0. The minimum Gasteiger partial charge on any atom is -0.355 e. The average Bonchev–Trinajstić information content (AvgIpc) is 2.61. The first-order valence-corrected chi connectivity index (χ1v) is 8.15. The van der Waals surface area contributed by atoms with Gasteiger partial charge in [-0.3, -0.25) is 4.98 Å². The molecule has 0 bridgehead atoms. The average molecular weight is 352 g/mol. The van der Waals surface area contributed by atoms with E-state index < -0.39 is 11.7 Å². The Hall–Kier alpha value is -3.08. The normalized spacial score (nSPS) is 11.8. The van der Waals surface area contributed by atoms with E-state index in [1.165, 1.54) is 6.07 Å². The van der Waals surface area contributed by atoms with Crippen LogP contribution in [0.3, 0.4) is 0 Å². The van der Waals surface area contributed by atoms with Crippen LogP contribution in [0.15, 0.2) is 66.7 Å². The molecule has 0 spiro atoms. The molecular weight excluding hydrogens is 337 g/mol. The molecule has 0 fully saturated rings. The molecule has 1 heterocycles. The van der Waals surface area contributed by atoms with Crippen LogP contribution in [-0.4, -0.2) is 4.98 Å². The molecule has 2 nitrogen and oxygen atoms in total. The Bertz CT molecular complexity index is 1120. The molecule has 130 valence electrons. The molecule has 5 heteroatoms. The van der Waals surface area contributed by atoms with Crippen molar-refractivity contribution in [3.05, 3.63) is 78.0 Å². The fraction of sp³-hybridized carbons (Fsp3) is 0.0952. The van der Waals surface area contributed by atoms with Crippen LogP contribution in [0, 0.1) is 6.92 Å². The Morgan fingerprint density at radius 2 is 1.65 bits per heavy atom. The molecular formula is C21H15F3N2. The van der Waals surface area contributed by atoms with Gasteiger partial charge in [0.05, 0.1) is 11.1 Å². The predicted molar refractivity (Wildman–Crippen MR) is 98.7 cm³/mol. The maximum atomic E-state index is 13.0. The fourth-order valence-electron chi connectivity index (χ4n) is 3.12. The highest BCUT2D eigenvalue weighted by molar-refractivity contribution is 6.09. The topological polar surface area (TPSA) is 24.9 Å². The van der Waals surface area contributed by atoms with Crippen LogP contribution in [0.5, 0.6) is 0 Å². The van der Waals surface area contributed by atoms with Gasteiger partial charge in [-0.1, -0.05) is 42.5 Å². The van der Waals surface area contributed by atoms with E-state index in [1.54, 1.807) is 6.07 Å². The fourth-order valence-corrected chi connectivity index (χ4v) is 3.12. The molecule has 0 saturated heterocycles. The van der Waals surface area contributed by atoms with Gasteiger partial charge >= 0.3 is 6.18 Å². The van der Waals surface area contributed by atoms with Crippen molar-refractivity contribution in [2.45, 2.75) is 13.1 Å². The zero-order valence-corrected chi connectivity index (χ0v) is 13.9. The second-order valence-corrected chi connectivity index (χ2v) is 6.20. The Kier molecular flexibility index (Phi) is 3.80. The molecule has 0 radical (unpaired) electrons. The van der Waals surface area contributed by atoms with Crippen molar-refractivity contribution in [1.82, 2.24) is 4.98 Å². The van der Waals surface area contributed by atoms with Crippen LogP contribution in [-0.2, 0) is 6.18 Å². The smallest absolute Gasteiger partial charge is 0.355 e. The molecule has 0 unspecified atom stereocenters. The molecule has 1 N–H and O–H groups in total. The lowest BCUT2D eigenvalue weighted by Crippen LogP contribution is -2.05. The number of hydrogen-bond donors (Lipinski definition) is 1. The second kappa shape index (κ2) is 6.02. The first-order chi connectivity index (χ1) is 12.4. The summed E-state index contributed by atoms with van der Waals surface area (Å²) in [5, 5.41) is 6.08. The Morgan fingerprint density at radius 3 is 2.46 bits per heavy atom. The molecule has 26 heavy (non-hydrogen) atoms. The van der Waals surface area contributed by atoms with Crippen LogP contribution in [0.2, 0.25) is 0 Å². The highest BCUT2D eigenvalue weighted by Gasteiger charge is 2.30. The summed E-state index contributed by atoms with van der Waals surface area (Å²) in [7, 11) is 0. The number of halogens is 3. The molecule has 4 aromatic rings. The zero-order chi connectivity index (χ0) is 18.3. The molecule has 0 amide bonds. The van der Waals surface area contributed by atoms with Crippen molar-refractivity contribution in [2.75, 3.05) is 5.32 Å². The van der Waals surface area contributed by atoms with Gasteiger partial charge in [-0.05, 0) is 36.6 Å². The van der Waals surface area contributed by atoms with Gasteiger partial charge in [0.1, 0.15) is 0 Å². The van der Waals surface area contributed by atoms with Crippen LogP contribution in [0.4, 0.5) is 24.5 Å². The summed E-state index contributed by atoms with van der Waals surface area (Å²) in [6.07, 6.45) is -4.37. The summed E-state index contributed by atoms with van der Waals surface area (Å²) in [6, 6.07) is 18.9. The number of anilines is 2. The minimum absolute atomic E-state index is 0.389. The van der Waals surface area contributed by atoms with Crippen molar-refractivity contribution < 1.29 is 13.2 Å². The van der Waals surface area contributed by atoms with E-state index in [2.05, 4.69) is 10.3 Å².